The highest BCUT2D eigenvalue weighted by Gasteiger charge is 2.27. The van der Waals surface area contributed by atoms with Gasteiger partial charge in [0.05, 0.1) is 0 Å². The normalized spacial score (nSPS) is 38.8. The first kappa shape index (κ1) is 21.7. The molecule has 3 saturated carbocycles. The fourth-order valence-electron chi connectivity index (χ4n) is 6.94. The third kappa shape index (κ3) is 7.74. The van der Waals surface area contributed by atoms with E-state index in [2.05, 4.69) is 6.92 Å². The Morgan fingerprint density at radius 2 is 0.593 bits per heavy atom. The Labute approximate surface area is 171 Å². The van der Waals surface area contributed by atoms with Gasteiger partial charge in [-0.25, -0.2) is 0 Å². The second-order valence-electron chi connectivity index (χ2n) is 10.9. The molecule has 0 saturated heterocycles. The molecule has 0 nitrogen and oxygen atoms in total. The van der Waals surface area contributed by atoms with Gasteiger partial charge in [-0.2, -0.15) is 0 Å². The molecule has 0 spiro atoms. The molecule has 0 heteroatoms. The van der Waals surface area contributed by atoms with Crippen LogP contribution in [0, 0.1) is 29.6 Å². The summed E-state index contributed by atoms with van der Waals surface area (Å²) in [6, 6.07) is 0. The minimum atomic E-state index is 0.987. The molecule has 0 aromatic heterocycles. The Kier molecular flexibility index (Phi) is 10.1. The largest absolute Gasteiger partial charge is 0.0625 e. The van der Waals surface area contributed by atoms with Crippen molar-refractivity contribution in [1.82, 2.24) is 0 Å². The van der Waals surface area contributed by atoms with Crippen molar-refractivity contribution in [1.29, 1.82) is 0 Å². The summed E-state index contributed by atoms with van der Waals surface area (Å²) in [7, 11) is 0. The Morgan fingerprint density at radius 1 is 0.296 bits per heavy atom. The Hall–Kier alpha value is 0. The van der Waals surface area contributed by atoms with Crippen molar-refractivity contribution < 1.29 is 0 Å². The Balaban J connectivity index is 1.65. The standard InChI is InChI=1S/C27H50/c1-23-13-7-5-10-18-27-22-21-26-16-9-4-2-3-8-14-24(26)15-11-6-12-17-25(27)20-19-23/h23-27H,2-22H2,1H3. The molecular formula is C27H50. The second-order valence-corrected chi connectivity index (χ2v) is 10.9. The Morgan fingerprint density at radius 3 is 1.07 bits per heavy atom. The van der Waals surface area contributed by atoms with Crippen LogP contribution in [0.2, 0.25) is 0 Å². The van der Waals surface area contributed by atoms with Crippen LogP contribution in [0.4, 0.5) is 0 Å². The number of hydrogen-bond donors (Lipinski definition) is 0. The first-order valence-corrected chi connectivity index (χ1v) is 13.3. The van der Waals surface area contributed by atoms with Gasteiger partial charge in [0.25, 0.3) is 0 Å². The molecule has 0 aromatic rings. The van der Waals surface area contributed by atoms with Crippen molar-refractivity contribution >= 4 is 0 Å². The van der Waals surface area contributed by atoms with Gasteiger partial charge < -0.3 is 0 Å². The SMILES string of the molecule is CC1CCCCCC2CCC3CCCCCCCC3CCCCCC2CC1. The maximum absolute atomic E-state index is 2.53. The van der Waals surface area contributed by atoms with E-state index in [0.717, 1.165) is 29.6 Å². The second kappa shape index (κ2) is 12.5. The highest BCUT2D eigenvalue weighted by Crippen LogP contribution is 2.40. The fourth-order valence-corrected chi connectivity index (χ4v) is 6.94. The van der Waals surface area contributed by atoms with E-state index in [1.54, 1.807) is 51.4 Å². The van der Waals surface area contributed by atoms with E-state index in [-0.39, 0.29) is 0 Å². The first-order chi connectivity index (χ1) is 13.3. The highest BCUT2D eigenvalue weighted by atomic mass is 14.3. The molecule has 5 atom stereocenters. The lowest BCUT2D eigenvalue weighted by atomic mass is 9.74. The van der Waals surface area contributed by atoms with Crippen molar-refractivity contribution in [2.45, 2.75) is 142 Å². The van der Waals surface area contributed by atoms with Crippen LogP contribution in [-0.2, 0) is 0 Å². The van der Waals surface area contributed by atoms with Gasteiger partial charge >= 0.3 is 0 Å². The third-order valence-electron chi connectivity index (χ3n) is 8.84. The molecule has 0 radical (unpaired) electrons. The van der Waals surface area contributed by atoms with Crippen molar-refractivity contribution in [3.8, 4) is 0 Å². The monoisotopic (exact) mass is 374 g/mol. The van der Waals surface area contributed by atoms with Crippen molar-refractivity contribution in [2.75, 3.05) is 0 Å². The van der Waals surface area contributed by atoms with Gasteiger partial charge in [-0.1, -0.05) is 122 Å². The van der Waals surface area contributed by atoms with Crippen LogP contribution in [0.1, 0.15) is 142 Å². The molecule has 0 amide bonds. The third-order valence-corrected chi connectivity index (χ3v) is 8.84. The predicted octanol–water partition coefficient (Wildman–Crippen LogP) is 9.32. The molecule has 3 rings (SSSR count). The average Bonchev–Trinajstić information content (AvgIpc) is 2.76. The maximum atomic E-state index is 2.53. The quantitative estimate of drug-likeness (QED) is 0.396. The summed E-state index contributed by atoms with van der Waals surface area (Å²) >= 11 is 0. The molecular weight excluding hydrogens is 324 g/mol. The van der Waals surface area contributed by atoms with Crippen molar-refractivity contribution in [3.05, 3.63) is 0 Å². The molecule has 5 unspecified atom stereocenters. The van der Waals surface area contributed by atoms with Crippen LogP contribution in [-0.4, -0.2) is 0 Å². The predicted molar refractivity (Wildman–Crippen MR) is 120 cm³/mol. The average molecular weight is 375 g/mol. The van der Waals surface area contributed by atoms with Gasteiger partial charge in [-0.3, -0.25) is 0 Å². The molecule has 0 aliphatic heterocycles. The highest BCUT2D eigenvalue weighted by molar-refractivity contribution is 4.79. The maximum Gasteiger partial charge on any atom is -0.0386 e. The van der Waals surface area contributed by atoms with E-state index in [9.17, 15) is 0 Å². The summed E-state index contributed by atoms with van der Waals surface area (Å²) in [5.74, 6) is 5.29. The molecule has 0 aromatic carbocycles. The number of fused-ring (bicyclic) bond motifs is 2. The lowest BCUT2D eigenvalue weighted by Gasteiger charge is -2.32. The molecule has 3 aliphatic rings. The van der Waals surface area contributed by atoms with Gasteiger partial charge in [0.1, 0.15) is 0 Å². The molecule has 27 heavy (non-hydrogen) atoms. The summed E-state index contributed by atoms with van der Waals surface area (Å²) in [5, 5.41) is 0. The summed E-state index contributed by atoms with van der Waals surface area (Å²) in [5.41, 5.74) is 0. The lowest BCUT2D eigenvalue weighted by Crippen LogP contribution is -2.20. The van der Waals surface area contributed by atoms with E-state index >= 15 is 0 Å². The molecule has 3 aliphatic carbocycles. The Bertz CT molecular complexity index is 372. The lowest BCUT2D eigenvalue weighted by molar-refractivity contribution is 0.193. The molecule has 0 bridgehead atoms. The van der Waals surface area contributed by atoms with E-state index in [1.807, 2.05) is 0 Å². The zero-order valence-corrected chi connectivity index (χ0v) is 18.7. The summed E-state index contributed by atoms with van der Waals surface area (Å²) in [6.07, 6.45) is 32.3. The van der Waals surface area contributed by atoms with Gasteiger partial charge in [-0.15, -0.1) is 0 Å². The summed E-state index contributed by atoms with van der Waals surface area (Å²) in [6.45, 7) is 2.53. The van der Waals surface area contributed by atoms with Crippen LogP contribution in [0.15, 0.2) is 0 Å². The van der Waals surface area contributed by atoms with E-state index in [1.165, 1.54) is 83.5 Å². The number of hydrogen-bond acceptors (Lipinski definition) is 0. The van der Waals surface area contributed by atoms with E-state index in [0.29, 0.717) is 0 Å². The smallest absolute Gasteiger partial charge is 0.0386 e. The molecule has 0 N–H and O–H groups in total. The van der Waals surface area contributed by atoms with Gasteiger partial charge in [0.2, 0.25) is 0 Å². The van der Waals surface area contributed by atoms with Crippen LogP contribution in [0.3, 0.4) is 0 Å². The number of rotatable bonds is 0. The van der Waals surface area contributed by atoms with Gasteiger partial charge in [0.15, 0.2) is 0 Å². The van der Waals surface area contributed by atoms with Crippen LogP contribution < -0.4 is 0 Å². The van der Waals surface area contributed by atoms with Crippen LogP contribution in [0.5, 0.6) is 0 Å². The zero-order valence-electron chi connectivity index (χ0n) is 18.7. The van der Waals surface area contributed by atoms with Crippen molar-refractivity contribution in [2.24, 2.45) is 29.6 Å². The van der Waals surface area contributed by atoms with Gasteiger partial charge in [-0.05, 0) is 48.9 Å². The molecule has 0 heterocycles. The summed E-state index contributed by atoms with van der Waals surface area (Å²) < 4.78 is 0. The van der Waals surface area contributed by atoms with Crippen molar-refractivity contribution in [3.63, 3.8) is 0 Å². The van der Waals surface area contributed by atoms with E-state index in [4.69, 9.17) is 0 Å². The molecule has 3 fully saturated rings. The van der Waals surface area contributed by atoms with Crippen LogP contribution in [0.25, 0.3) is 0 Å². The molecule has 158 valence electrons. The first-order valence-electron chi connectivity index (χ1n) is 13.3. The topological polar surface area (TPSA) is 0 Å². The minimum absolute atomic E-state index is 0.987. The van der Waals surface area contributed by atoms with Gasteiger partial charge in [0, 0.05) is 0 Å². The minimum Gasteiger partial charge on any atom is -0.0625 e. The fraction of sp³-hybridized carbons (Fsp3) is 1.00. The van der Waals surface area contributed by atoms with Crippen LogP contribution >= 0.6 is 0 Å². The van der Waals surface area contributed by atoms with E-state index < -0.39 is 0 Å². The zero-order chi connectivity index (χ0) is 18.7. The summed E-state index contributed by atoms with van der Waals surface area (Å²) in [4.78, 5) is 0.